The molecule has 0 spiro atoms. The standard InChI is InChI=1S/C22H22N2O7/c1-29-21(27)14-7-9-15(10-8-14)31-18-6-4-3-5-17(18)23-19-16(22(28)30-2)13-24(11-12-25)20(19)26/h3-10,23,25H,11-13H2,1-2H3. The van der Waals surface area contributed by atoms with Gasteiger partial charge in [-0.05, 0) is 36.4 Å². The summed E-state index contributed by atoms with van der Waals surface area (Å²) in [7, 11) is 2.54. The van der Waals surface area contributed by atoms with Crippen molar-refractivity contribution in [2.24, 2.45) is 0 Å². The number of ether oxygens (including phenoxy) is 3. The molecule has 9 heteroatoms. The Kier molecular flexibility index (Phi) is 6.88. The molecule has 0 radical (unpaired) electrons. The Morgan fingerprint density at radius 2 is 1.71 bits per heavy atom. The van der Waals surface area contributed by atoms with E-state index in [2.05, 4.69) is 10.1 Å². The highest BCUT2D eigenvalue weighted by atomic mass is 16.5. The maximum atomic E-state index is 12.7. The lowest BCUT2D eigenvalue weighted by Crippen LogP contribution is -2.31. The van der Waals surface area contributed by atoms with Crippen LogP contribution in [-0.2, 0) is 19.1 Å². The first kappa shape index (κ1) is 21.8. The zero-order valence-electron chi connectivity index (χ0n) is 17.1. The van der Waals surface area contributed by atoms with Crippen LogP contribution in [0.15, 0.2) is 59.8 Å². The smallest absolute Gasteiger partial charge is 0.337 e. The normalized spacial score (nSPS) is 13.3. The monoisotopic (exact) mass is 426 g/mol. The quantitative estimate of drug-likeness (QED) is 0.616. The molecule has 1 aliphatic rings. The van der Waals surface area contributed by atoms with Gasteiger partial charge in [0.1, 0.15) is 11.4 Å². The van der Waals surface area contributed by atoms with Gasteiger partial charge in [0.05, 0.1) is 44.2 Å². The summed E-state index contributed by atoms with van der Waals surface area (Å²) in [6, 6.07) is 13.3. The van der Waals surface area contributed by atoms with Gasteiger partial charge in [-0.3, -0.25) is 4.79 Å². The van der Waals surface area contributed by atoms with Gasteiger partial charge in [-0.25, -0.2) is 9.59 Å². The van der Waals surface area contributed by atoms with E-state index in [1.807, 2.05) is 0 Å². The third-order valence-corrected chi connectivity index (χ3v) is 4.60. The average Bonchev–Trinajstić information content (AvgIpc) is 3.10. The zero-order valence-corrected chi connectivity index (χ0v) is 17.1. The van der Waals surface area contributed by atoms with E-state index in [4.69, 9.17) is 9.47 Å². The van der Waals surface area contributed by atoms with E-state index in [0.717, 1.165) is 0 Å². The Hall–Kier alpha value is -3.85. The Morgan fingerprint density at radius 1 is 1.03 bits per heavy atom. The Balaban J connectivity index is 1.86. The van der Waals surface area contributed by atoms with Crippen LogP contribution in [0.25, 0.3) is 0 Å². The van der Waals surface area contributed by atoms with Crippen molar-refractivity contribution in [2.75, 3.05) is 39.2 Å². The van der Waals surface area contributed by atoms with Crippen LogP contribution >= 0.6 is 0 Å². The lowest BCUT2D eigenvalue weighted by atomic mass is 10.2. The number of carbonyl (C=O) groups is 3. The van der Waals surface area contributed by atoms with Crippen LogP contribution in [0.2, 0.25) is 0 Å². The summed E-state index contributed by atoms with van der Waals surface area (Å²) in [5.41, 5.74) is 1.07. The molecule has 0 unspecified atom stereocenters. The number of esters is 2. The Bertz CT molecular complexity index is 1010. The molecule has 2 aromatic rings. The van der Waals surface area contributed by atoms with Crippen molar-refractivity contribution in [2.45, 2.75) is 0 Å². The molecule has 1 amide bonds. The summed E-state index contributed by atoms with van der Waals surface area (Å²) in [5.74, 6) is -0.648. The number of hydrogen-bond donors (Lipinski definition) is 2. The third-order valence-electron chi connectivity index (χ3n) is 4.60. The molecule has 0 bridgehead atoms. The number of hydrogen-bond acceptors (Lipinski definition) is 8. The number of para-hydroxylation sites is 2. The molecule has 0 saturated heterocycles. The number of amides is 1. The van der Waals surface area contributed by atoms with Crippen molar-refractivity contribution in [1.82, 2.24) is 4.90 Å². The first-order chi connectivity index (χ1) is 15.0. The van der Waals surface area contributed by atoms with Gasteiger partial charge in [-0.15, -0.1) is 0 Å². The van der Waals surface area contributed by atoms with Crippen LogP contribution in [0.4, 0.5) is 5.69 Å². The highest BCUT2D eigenvalue weighted by Gasteiger charge is 2.34. The summed E-state index contributed by atoms with van der Waals surface area (Å²) in [4.78, 5) is 37.8. The molecule has 31 heavy (non-hydrogen) atoms. The molecule has 0 saturated carbocycles. The fourth-order valence-corrected chi connectivity index (χ4v) is 3.05. The molecule has 3 rings (SSSR count). The van der Waals surface area contributed by atoms with Crippen LogP contribution < -0.4 is 10.1 Å². The maximum Gasteiger partial charge on any atom is 0.337 e. The van der Waals surface area contributed by atoms with Crippen molar-refractivity contribution in [3.05, 3.63) is 65.4 Å². The second kappa shape index (κ2) is 9.77. The number of anilines is 1. The number of aliphatic hydroxyl groups excluding tert-OH is 1. The second-order valence-electron chi connectivity index (χ2n) is 6.53. The van der Waals surface area contributed by atoms with Gasteiger partial charge in [-0.2, -0.15) is 0 Å². The fraction of sp³-hybridized carbons (Fsp3) is 0.227. The van der Waals surface area contributed by atoms with Gasteiger partial charge < -0.3 is 29.5 Å². The van der Waals surface area contributed by atoms with Crippen molar-refractivity contribution < 1.29 is 33.7 Å². The van der Waals surface area contributed by atoms with Gasteiger partial charge in [0.25, 0.3) is 5.91 Å². The molecule has 2 N–H and O–H groups in total. The van der Waals surface area contributed by atoms with Gasteiger partial charge >= 0.3 is 11.9 Å². The lowest BCUT2D eigenvalue weighted by Gasteiger charge is -2.16. The summed E-state index contributed by atoms with van der Waals surface area (Å²) < 4.78 is 15.4. The van der Waals surface area contributed by atoms with E-state index in [-0.39, 0.29) is 31.0 Å². The molecule has 1 aliphatic heterocycles. The molecule has 0 atom stereocenters. The van der Waals surface area contributed by atoms with Crippen LogP contribution in [0, 0.1) is 0 Å². The number of nitrogens with one attached hydrogen (secondary N) is 1. The minimum absolute atomic E-state index is 0.0341. The van der Waals surface area contributed by atoms with Gasteiger partial charge in [0, 0.05) is 6.54 Å². The number of rotatable bonds is 8. The number of methoxy groups -OCH3 is 2. The summed E-state index contributed by atoms with van der Waals surface area (Å²) in [6.07, 6.45) is 0. The Labute approximate surface area is 178 Å². The Morgan fingerprint density at radius 3 is 2.35 bits per heavy atom. The van der Waals surface area contributed by atoms with Crippen LogP contribution in [-0.4, -0.2) is 61.8 Å². The number of aliphatic hydroxyl groups is 1. The summed E-state index contributed by atoms with van der Waals surface area (Å²) >= 11 is 0. The number of β-amino-alcohol motifs (C(OH)–C–C–N with tert-alkyl or cyclic N) is 1. The van der Waals surface area contributed by atoms with Crippen molar-refractivity contribution in [3.8, 4) is 11.5 Å². The van der Waals surface area contributed by atoms with Gasteiger partial charge in [0.15, 0.2) is 5.75 Å². The highest BCUT2D eigenvalue weighted by Crippen LogP contribution is 2.32. The van der Waals surface area contributed by atoms with Crippen LogP contribution in [0.1, 0.15) is 10.4 Å². The van der Waals surface area contributed by atoms with Crippen molar-refractivity contribution >= 4 is 23.5 Å². The molecular formula is C22H22N2O7. The molecule has 1 heterocycles. The predicted octanol–water partition coefficient (Wildman–Crippen LogP) is 1.94. The predicted molar refractivity (Wildman–Crippen MR) is 111 cm³/mol. The van der Waals surface area contributed by atoms with E-state index in [9.17, 15) is 19.5 Å². The number of carbonyl (C=O) groups excluding carboxylic acids is 3. The summed E-state index contributed by atoms with van der Waals surface area (Å²) in [6.45, 7) is -0.101. The van der Waals surface area contributed by atoms with Crippen molar-refractivity contribution in [1.29, 1.82) is 0 Å². The van der Waals surface area contributed by atoms with Gasteiger partial charge in [-0.1, -0.05) is 12.1 Å². The molecule has 2 aromatic carbocycles. The average molecular weight is 426 g/mol. The maximum absolute atomic E-state index is 12.7. The molecule has 9 nitrogen and oxygen atoms in total. The lowest BCUT2D eigenvalue weighted by molar-refractivity contribution is -0.136. The minimum atomic E-state index is -0.631. The van der Waals surface area contributed by atoms with E-state index < -0.39 is 17.8 Å². The largest absolute Gasteiger partial charge is 0.466 e. The van der Waals surface area contributed by atoms with Crippen LogP contribution in [0.3, 0.4) is 0 Å². The number of nitrogens with zero attached hydrogens (tertiary/aromatic N) is 1. The molecule has 0 aliphatic carbocycles. The highest BCUT2D eigenvalue weighted by molar-refractivity contribution is 6.08. The third kappa shape index (κ3) is 4.84. The zero-order chi connectivity index (χ0) is 22.4. The SMILES string of the molecule is COC(=O)C1=C(Nc2ccccc2Oc2ccc(C(=O)OC)cc2)C(=O)N(CCO)C1. The van der Waals surface area contributed by atoms with E-state index >= 15 is 0 Å². The van der Waals surface area contributed by atoms with Crippen LogP contribution in [0.5, 0.6) is 11.5 Å². The van der Waals surface area contributed by atoms with Gasteiger partial charge in [0.2, 0.25) is 0 Å². The van der Waals surface area contributed by atoms with Crippen molar-refractivity contribution in [3.63, 3.8) is 0 Å². The van der Waals surface area contributed by atoms with E-state index in [1.54, 1.807) is 48.5 Å². The van der Waals surface area contributed by atoms with E-state index in [1.165, 1.54) is 19.1 Å². The topological polar surface area (TPSA) is 114 Å². The minimum Gasteiger partial charge on any atom is -0.466 e. The molecular weight excluding hydrogens is 404 g/mol. The van der Waals surface area contributed by atoms with E-state index in [0.29, 0.717) is 22.7 Å². The fourth-order valence-electron chi connectivity index (χ4n) is 3.05. The number of benzene rings is 2. The summed E-state index contributed by atoms with van der Waals surface area (Å²) in [5, 5.41) is 12.2. The molecule has 0 aromatic heterocycles. The molecule has 0 fully saturated rings. The second-order valence-corrected chi connectivity index (χ2v) is 6.53. The first-order valence-corrected chi connectivity index (χ1v) is 9.42. The molecule has 162 valence electrons. The first-order valence-electron chi connectivity index (χ1n) is 9.42.